The Kier molecular flexibility index (Phi) is 5.12. The molecule has 0 aromatic heterocycles. The molecule has 122 valence electrons. The zero-order valence-corrected chi connectivity index (χ0v) is 13.0. The maximum Gasteiger partial charge on any atom is 0.339 e. The molecule has 0 saturated carbocycles. The Hall–Kier alpha value is -2.68. The molecule has 0 aliphatic carbocycles. The fourth-order valence-electron chi connectivity index (χ4n) is 2.18. The number of anilines is 1. The van der Waals surface area contributed by atoms with E-state index in [9.17, 15) is 14.7 Å². The van der Waals surface area contributed by atoms with Gasteiger partial charge < -0.3 is 20.8 Å². The van der Waals surface area contributed by atoms with Crippen LogP contribution in [0.5, 0.6) is 5.75 Å². The summed E-state index contributed by atoms with van der Waals surface area (Å²) in [4.78, 5) is 24.7. The molecule has 1 fully saturated rings. The van der Waals surface area contributed by atoms with Gasteiger partial charge in [-0.3, -0.25) is 10.2 Å². The van der Waals surface area contributed by atoms with Crippen molar-refractivity contribution in [3.8, 4) is 5.75 Å². The van der Waals surface area contributed by atoms with Gasteiger partial charge in [0, 0.05) is 13.1 Å². The zero-order chi connectivity index (χ0) is 17.0. The second kappa shape index (κ2) is 7.05. The van der Waals surface area contributed by atoms with Crippen molar-refractivity contribution < 1.29 is 19.8 Å². The molecule has 0 unspecified atom stereocenters. The number of aromatic hydroxyl groups is 1. The highest BCUT2D eigenvalue weighted by Crippen LogP contribution is 2.21. The Morgan fingerprint density at radius 3 is 2.52 bits per heavy atom. The molecule has 1 aliphatic rings. The van der Waals surface area contributed by atoms with Gasteiger partial charge in [0.2, 0.25) is 0 Å². The molecule has 1 aromatic rings. The topological polar surface area (TPSA) is 128 Å². The molecule has 1 aliphatic heterocycles. The van der Waals surface area contributed by atoms with E-state index in [-0.39, 0.29) is 33.6 Å². The first kappa shape index (κ1) is 16.7. The smallest absolute Gasteiger partial charge is 0.339 e. The van der Waals surface area contributed by atoms with Crippen molar-refractivity contribution >= 4 is 40.5 Å². The van der Waals surface area contributed by atoms with Crippen molar-refractivity contribution in [3.05, 3.63) is 23.8 Å². The Morgan fingerprint density at radius 2 is 1.96 bits per heavy atom. The number of nitrogens with zero attached hydrogens (tertiary/aromatic N) is 2. The average Bonchev–Trinajstić information content (AvgIpc) is 3.02. The van der Waals surface area contributed by atoms with Crippen molar-refractivity contribution in [2.45, 2.75) is 12.8 Å². The molecule has 0 radical (unpaired) electrons. The minimum absolute atomic E-state index is 0.0909. The molecule has 1 amide bonds. The van der Waals surface area contributed by atoms with E-state index >= 15 is 0 Å². The second-order valence-electron chi connectivity index (χ2n) is 4.97. The van der Waals surface area contributed by atoms with Gasteiger partial charge in [-0.2, -0.15) is 5.10 Å². The maximum absolute atomic E-state index is 12.3. The van der Waals surface area contributed by atoms with Crippen LogP contribution in [0.3, 0.4) is 0 Å². The van der Waals surface area contributed by atoms with Gasteiger partial charge in [-0.25, -0.2) is 4.79 Å². The van der Waals surface area contributed by atoms with Crippen LogP contribution in [-0.4, -0.2) is 50.8 Å². The van der Waals surface area contributed by atoms with Gasteiger partial charge >= 0.3 is 5.97 Å². The van der Waals surface area contributed by atoms with Crippen LogP contribution in [0, 0.1) is 0 Å². The summed E-state index contributed by atoms with van der Waals surface area (Å²) in [6.07, 6.45) is 1.84. The van der Waals surface area contributed by atoms with E-state index in [1.54, 1.807) is 4.90 Å². The van der Waals surface area contributed by atoms with Gasteiger partial charge in [-0.05, 0) is 31.0 Å². The molecule has 0 spiro atoms. The summed E-state index contributed by atoms with van der Waals surface area (Å²) in [6.45, 7) is 1.26. The summed E-state index contributed by atoms with van der Waals surface area (Å²) in [7, 11) is 0. The molecule has 1 heterocycles. The lowest BCUT2D eigenvalue weighted by Crippen LogP contribution is -2.40. The van der Waals surface area contributed by atoms with Crippen molar-refractivity contribution in [2.24, 2.45) is 10.8 Å². The number of rotatable bonds is 5. The number of hydrogen-bond donors (Lipinski definition) is 4. The molecule has 2 rings (SSSR count). The van der Waals surface area contributed by atoms with Crippen molar-refractivity contribution in [1.29, 1.82) is 0 Å². The summed E-state index contributed by atoms with van der Waals surface area (Å²) in [5.74, 6) is -2.01. The van der Waals surface area contributed by atoms with Crippen LogP contribution in [-0.2, 0) is 4.79 Å². The number of likely N-dealkylation sites (tertiary alicyclic amines) is 1. The number of aromatic carboxylic acids is 1. The third-order valence-electron chi connectivity index (χ3n) is 3.35. The van der Waals surface area contributed by atoms with Crippen LogP contribution < -0.4 is 11.2 Å². The molecule has 1 saturated heterocycles. The third kappa shape index (κ3) is 3.95. The van der Waals surface area contributed by atoms with Crippen LogP contribution in [0.25, 0.3) is 0 Å². The Balaban J connectivity index is 2.21. The number of benzene rings is 1. The summed E-state index contributed by atoms with van der Waals surface area (Å²) in [5.41, 5.74) is 8.01. The lowest BCUT2D eigenvalue weighted by molar-refractivity contribution is -0.122. The monoisotopic (exact) mass is 336 g/mol. The number of nitrogens with one attached hydrogen (secondary N) is 1. The van der Waals surface area contributed by atoms with Crippen molar-refractivity contribution in [1.82, 2.24) is 4.90 Å². The van der Waals surface area contributed by atoms with Crippen LogP contribution >= 0.6 is 12.2 Å². The number of hydrogen-bond acceptors (Lipinski definition) is 6. The first-order chi connectivity index (χ1) is 10.9. The lowest BCUT2D eigenvalue weighted by Gasteiger charge is -2.16. The highest BCUT2D eigenvalue weighted by molar-refractivity contribution is 7.82. The molecule has 5 N–H and O–H groups in total. The van der Waals surface area contributed by atoms with Gasteiger partial charge in [0.25, 0.3) is 5.91 Å². The first-order valence-corrected chi connectivity index (χ1v) is 7.30. The number of hydrazone groups is 1. The van der Waals surface area contributed by atoms with E-state index in [1.807, 2.05) is 0 Å². The lowest BCUT2D eigenvalue weighted by atomic mass is 10.2. The number of phenols is 1. The number of carbonyl (C=O) groups is 2. The molecule has 0 bridgehead atoms. The fraction of sp³-hybridized carbons (Fsp3) is 0.286. The summed E-state index contributed by atoms with van der Waals surface area (Å²) in [5, 5.41) is 22.3. The van der Waals surface area contributed by atoms with E-state index in [4.69, 9.17) is 23.1 Å². The minimum atomic E-state index is -1.28. The van der Waals surface area contributed by atoms with E-state index in [0.717, 1.165) is 12.8 Å². The van der Waals surface area contributed by atoms with Crippen LogP contribution in [0.2, 0.25) is 0 Å². The number of thiocarbonyl (C=S) groups is 1. The highest BCUT2D eigenvalue weighted by Gasteiger charge is 2.24. The third-order valence-corrected chi connectivity index (χ3v) is 3.55. The Bertz CT molecular complexity index is 683. The van der Waals surface area contributed by atoms with Gasteiger partial charge in [-0.1, -0.05) is 12.2 Å². The maximum atomic E-state index is 12.3. The number of amides is 1. The van der Waals surface area contributed by atoms with Crippen LogP contribution in [0.4, 0.5) is 5.69 Å². The van der Waals surface area contributed by atoms with E-state index in [2.05, 4.69) is 10.5 Å². The summed E-state index contributed by atoms with van der Waals surface area (Å²) in [6, 6.07) is 3.82. The predicted octanol–water partition coefficient (Wildman–Crippen LogP) is 0.767. The van der Waals surface area contributed by atoms with Crippen LogP contribution in [0.1, 0.15) is 23.2 Å². The molecule has 9 heteroatoms. The van der Waals surface area contributed by atoms with Crippen molar-refractivity contribution in [3.63, 3.8) is 0 Å². The number of carboxylic acids is 1. The van der Waals surface area contributed by atoms with E-state index in [1.165, 1.54) is 18.2 Å². The van der Waals surface area contributed by atoms with Gasteiger partial charge in [0.05, 0.1) is 5.69 Å². The molecule has 8 nitrogen and oxygen atoms in total. The number of nitrogens with two attached hydrogens (primary N) is 1. The Labute approximate surface area is 137 Å². The Morgan fingerprint density at radius 1 is 1.30 bits per heavy atom. The van der Waals surface area contributed by atoms with Gasteiger partial charge in [-0.15, -0.1) is 0 Å². The first-order valence-electron chi connectivity index (χ1n) is 6.89. The minimum Gasteiger partial charge on any atom is -0.507 e. The van der Waals surface area contributed by atoms with Gasteiger partial charge in [0.1, 0.15) is 16.3 Å². The standard InChI is InChI=1S/C14H16N4O4S/c15-12(23)11(13(20)18-5-1-2-6-18)17-16-8-3-4-10(19)9(7-8)14(21)22/h3-4,7,16,19H,1-2,5-6H2,(H2,15,23)(H,21,22)/b17-11+. The van der Waals surface area contributed by atoms with E-state index in [0.29, 0.717) is 13.1 Å². The largest absolute Gasteiger partial charge is 0.507 e. The normalized spacial score (nSPS) is 14.6. The number of carboxylic acid groups (broad SMARTS) is 1. The fourth-order valence-corrected chi connectivity index (χ4v) is 2.31. The highest BCUT2D eigenvalue weighted by atomic mass is 32.1. The quantitative estimate of drug-likeness (QED) is 0.270. The SMILES string of the molecule is NC(=S)/C(=N\Nc1ccc(O)c(C(=O)O)c1)C(=O)N1CCCC1. The summed E-state index contributed by atoms with van der Waals surface area (Å²) < 4.78 is 0. The molecule has 1 aromatic carbocycles. The molecular weight excluding hydrogens is 320 g/mol. The molecular formula is C14H16N4O4S. The van der Waals surface area contributed by atoms with Gasteiger partial charge in [0.15, 0.2) is 5.71 Å². The molecule has 0 atom stereocenters. The summed E-state index contributed by atoms with van der Waals surface area (Å²) >= 11 is 4.86. The number of carbonyl (C=O) groups excluding carboxylic acids is 1. The molecule has 23 heavy (non-hydrogen) atoms. The zero-order valence-electron chi connectivity index (χ0n) is 12.2. The second-order valence-corrected chi connectivity index (χ2v) is 5.41. The van der Waals surface area contributed by atoms with E-state index < -0.39 is 5.97 Å². The van der Waals surface area contributed by atoms with Crippen molar-refractivity contribution in [2.75, 3.05) is 18.5 Å². The predicted molar refractivity (Wildman–Crippen MR) is 88.7 cm³/mol. The van der Waals surface area contributed by atoms with Crippen LogP contribution in [0.15, 0.2) is 23.3 Å². The average molecular weight is 336 g/mol.